The van der Waals surface area contributed by atoms with Crippen molar-refractivity contribution in [3.8, 4) is 0 Å². The van der Waals surface area contributed by atoms with Crippen LogP contribution in [0.1, 0.15) is 51.0 Å². The lowest BCUT2D eigenvalue weighted by atomic mass is 9.90. The van der Waals surface area contributed by atoms with Crippen LogP contribution >= 0.6 is 11.3 Å². The summed E-state index contributed by atoms with van der Waals surface area (Å²) in [6, 6.07) is 5.50. The molecule has 0 saturated carbocycles. The van der Waals surface area contributed by atoms with Crippen molar-refractivity contribution < 1.29 is 0 Å². The van der Waals surface area contributed by atoms with E-state index in [0.717, 1.165) is 5.92 Å². The van der Waals surface area contributed by atoms with Gasteiger partial charge >= 0.3 is 0 Å². The molecule has 0 spiro atoms. The van der Waals surface area contributed by atoms with Gasteiger partial charge < -0.3 is 10.2 Å². The third kappa shape index (κ3) is 4.30. The number of hydrogen-bond donors (Lipinski definition) is 1. The van der Waals surface area contributed by atoms with Gasteiger partial charge in [-0.2, -0.15) is 0 Å². The molecule has 1 aromatic heterocycles. The lowest BCUT2D eigenvalue weighted by molar-refractivity contribution is 0.159. The lowest BCUT2D eigenvalue weighted by Gasteiger charge is -2.36. The summed E-state index contributed by atoms with van der Waals surface area (Å²) in [5.74, 6) is 0.843. The number of piperidine rings is 1. The number of nitrogens with zero attached hydrogens (tertiary/aromatic N) is 1. The smallest absolute Gasteiger partial charge is 0.0388 e. The van der Waals surface area contributed by atoms with Gasteiger partial charge in [0, 0.05) is 17.0 Å². The highest BCUT2D eigenvalue weighted by Gasteiger charge is 2.24. The molecule has 19 heavy (non-hydrogen) atoms. The molecule has 1 aliphatic rings. The maximum atomic E-state index is 3.79. The van der Waals surface area contributed by atoms with Gasteiger partial charge in [-0.05, 0) is 70.1 Å². The molecule has 2 rings (SSSR count). The van der Waals surface area contributed by atoms with Crippen molar-refractivity contribution >= 4 is 11.3 Å². The Bertz CT molecular complexity index is 342. The lowest BCUT2D eigenvalue weighted by Crippen LogP contribution is -2.42. The monoisotopic (exact) mass is 280 g/mol. The molecule has 1 N–H and O–H groups in total. The zero-order valence-electron chi connectivity index (χ0n) is 12.6. The summed E-state index contributed by atoms with van der Waals surface area (Å²) in [6.07, 6.45) is 3.99. The molecule has 0 aromatic carbocycles. The Kier molecular flexibility index (Phi) is 5.86. The summed E-state index contributed by atoms with van der Waals surface area (Å²) >= 11 is 1.86. The molecule has 3 heteroatoms. The van der Waals surface area contributed by atoms with E-state index in [0.29, 0.717) is 12.1 Å². The molecular formula is C16H28N2S. The molecule has 0 bridgehead atoms. The molecule has 1 saturated heterocycles. The van der Waals surface area contributed by atoms with Crippen molar-refractivity contribution in [3.63, 3.8) is 0 Å². The standard InChI is InChI=1S/C16H28N2S/c1-4-9-18-10-7-15(8-11-18)13(2)17-14(3)16-6-5-12-19-16/h5-6,12-15,17H,4,7-11H2,1-3H3. The predicted molar refractivity (Wildman–Crippen MR) is 84.8 cm³/mol. The van der Waals surface area contributed by atoms with E-state index >= 15 is 0 Å². The van der Waals surface area contributed by atoms with Crippen LogP contribution in [0.3, 0.4) is 0 Å². The van der Waals surface area contributed by atoms with Crippen LogP contribution in [0.5, 0.6) is 0 Å². The summed E-state index contributed by atoms with van der Waals surface area (Å²) in [4.78, 5) is 4.07. The van der Waals surface area contributed by atoms with Gasteiger partial charge in [-0.1, -0.05) is 13.0 Å². The predicted octanol–water partition coefficient (Wildman–Crippen LogP) is 3.91. The number of hydrogen-bond acceptors (Lipinski definition) is 3. The average Bonchev–Trinajstić information content (AvgIpc) is 2.94. The number of thiophene rings is 1. The first-order valence-corrected chi connectivity index (χ1v) is 8.60. The quantitative estimate of drug-likeness (QED) is 0.850. The summed E-state index contributed by atoms with van der Waals surface area (Å²) in [7, 11) is 0. The minimum atomic E-state index is 0.490. The maximum absolute atomic E-state index is 3.79. The van der Waals surface area contributed by atoms with E-state index in [-0.39, 0.29) is 0 Å². The Hall–Kier alpha value is -0.380. The van der Waals surface area contributed by atoms with E-state index < -0.39 is 0 Å². The highest BCUT2D eigenvalue weighted by atomic mass is 32.1. The normalized spacial score (nSPS) is 21.4. The Balaban J connectivity index is 1.76. The molecular weight excluding hydrogens is 252 g/mol. The van der Waals surface area contributed by atoms with Crippen molar-refractivity contribution in [2.75, 3.05) is 19.6 Å². The van der Waals surface area contributed by atoms with Crippen LogP contribution in [-0.2, 0) is 0 Å². The van der Waals surface area contributed by atoms with E-state index in [2.05, 4.69) is 48.5 Å². The SMILES string of the molecule is CCCN1CCC(C(C)NC(C)c2cccs2)CC1. The fourth-order valence-corrected chi connectivity index (χ4v) is 3.89. The Morgan fingerprint density at radius 1 is 1.37 bits per heavy atom. The highest BCUT2D eigenvalue weighted by molar-refractivity contribution is 7.10. The molecule has 2 nitrogen and oxygen atoms in total. The zero-order valence-corrected chi connectivity index (χ0v) is 13.4. The van der Waals surface area contributed by atoms with E-state index in [4.69, 9.17) is 0 Å². The molecule has 1 aliphatic heterocycles. The molecule has 2 unspecified atom stereocenters. The van der Waals surface area contributed by atoms with Gasteiger partial charge in [0.05, 0.1) is 0 Å². The third-order valence-corrected chi connectivity index (χ3v) is 5.42. The molecule has 2 atom stereocenters. The molecule has 1 fully saturated rings. The number of likely N-dealkylation sites (tertiary alicyclic amines) is 1. The van der Waals surface area contributed by atoms with Crippen LogP contribution < -0.4 is 5.32 Å². The van der Waals surface area contributed by atoms with Crippen molar-refractivity contribution in [1.82, 2.24) is 10.2 Å². The average molecular weight is 280 g/mol. The van der Waals surface area contributed by atoms with Crippen LogP contribution in [0.15, 0.2) is 17.5 Å². The summed E-state index contributed by atoms with van der Waals surface area (Å²) in [5, 5.41) is 5.96. The van der Waals surface area contributed by atoms with E-state index in [1.54, 1.807) is 0 Å². The van der Waals surface area contributed by atoms with Crippen molar-refractivity contribution in [2.24, 2.45) is 5.92 Å². The topological polar surface area (TPSA) is 15.3 Å². The Morgan fingerprint density at radius 2 is 2.11 bits per heavy atom. The van der Waals surface area contributed by atoms with Crippen molar-refractivity contribution in [1.29, 1.82) is 0 Å². The van der Waals surface area contributed by atoms with Crippen molar-refractivity contribution in [2.45, 2.75) is 52.1 Å². The van der Waals surface area contributed by atoms with Crippen LogP contribution in [0.4, 0.5) is 0 Å². The molecule has 0 amide bonds. The van der Waals surface area contributed by atoms with Gasteiger partial charge in [0.25, 0.3) is 0 Å². The van der Waals surface area contributed by atoms with Gasteiger partial charge in [0.1, 0.15) is 0 Å². The fourth-order valence-electron chi connectivity index (χ4n) is 3.14. The summed E-state index contributed by atoms with van der Waals surface area (Å²) in [5.41, 5.74) is 0. The molecule has 0 radical (unpaired) electrons. The first-order valence-electron chi connectivity index (χ1n) is 7.72. The molecule has 108 valence electrons. The van der Waals surface area contributed by atoms with Gasteiger partial charge in [0.15, 0.2) is 0 Å². The summed E-state index contributed by atoms with van der Waals surface area (Å²) in [6.45, 7) is 10.8. The molecule has 0 aliphatic carbocycles. The highest BCUT2D eigenvalue weighted by Crippen LogP contribution is 2.24. The molecule has 1 aromatic rings. The zero-order chi connectivity index (χ0) is 13.7. The van der Waals surface area contributed by atoms with Crippen LogP contribution in [0.25, 0.3) is 0 Å². The largest absolute Gasteiger partial charge is 0.307 e. The minimum absolute atomic E-state index is 0.490. The maximum Gasteiger partial charge on any atom is 0.0388 e. The van der Waals surface area contributed by atoms with E-state index in [1.807, 2.05) is 11.3 Å². The van der Waals surface area contributed by atoms with Gasteiger partial charge in [-0.25, -0.2) is 0 Å². The number of rotatable bonds is 6. The first-order chi connectivity index (χ1) is 9.20. The van der Waals surface area contributed by atoms with Gasteiger partial charge in [-0.3, -0.25) is 0 Å². The van der Waals surface area contributed by atoms with Crippen molar-refractivity contribution in [3.05, 3.63) is 22.4 Å². The Labute approximate surface area is 122 Å². The number of nitrogens with one attached hydrogen (secondary N) is 1. The third-order valence-electron chi connectivity index (χ3n) is 4.36. The minimum Gasteiger partial charge on any atom is -0.307 e. The van der Waals surface area contributed by atoms with Crippen LogP contribution in [0.2, 0.25) is 0 Å². The van der Waals surface area contributed by atoms with Crippen LogP contribution in [0, 0.1) is 5.92 Å². The van der Waals surface area contributed by atoms with Crippen LogP contribution in [-0.4, -0.2) is 30.6 Å². The van der Waals surface area contributed by atoms with Gasteiger partial charge in [0.2, 0.25) is 0 Å². The second kappa shape index (κ2) is 7.41. The summed E-state index contributed by atoms with van der Waals surface area (Å²) < 4.78 is 0. The second-order valence-electron chi connectivity index (χ2n) is 5.87. The second-order valence-corrected chi connectivity index (χ2v) is 6.85. The Morgan fingerprint density at radius 3 is 2.68 bits per heavy atom. The van der Waals surface area contributed by atoms with E-state index in [9.17, 15) is 0 Å². The van der Waals surface area contributed by atoms with E-state index in [1.165, 1.54) is 43.8 Å². The fraction of sp³-hybridized carbons (Fsp3) is 0.750. The van der Waals surface area contributed by atoms with Gasteiger partial charge in [-0.15, -0.1) is 11.3 Å². The molecule has 2 heterocycles. The first kappa shape index (κ1) is 15.0.